The molecule has 0 saturated heterocycles. The molecule has 5 heteroatoms. The van der Waals surface area contributed by atoms with Gasteiger partial charge in [-0.1, -0.05) is 37.0 Å². The maximum absolute atomic E-state index is 13.6. The third-order valence-corrected chi connectivity index (χ3v) is 2.79. The molecule has 1 aromatic carbocycles. The highest BCUT2D eigenvalue weighted by Crippen LogP contribution is 2.23. The van der Waals surface area contributed by atoms with E-state index >= 15 is 0 Å². The molecular formula is C12H11Cl2FO2. The van der Waals surface area contributed by atoms with E-state index in [4.69, 9.17) is 23.2 Å². The Morgan fingerprint density at radius 3 is 2.29 bits per heavy atom. The lowest BCUT2D eigenvalue weighted by Crippen LogP contribution is -2.29. The van der Waals surface area contributed by atoms with Gasteiger partial charge in [-0.3, -0.25) is 9.59 Å². The van der Waals surface area contributed by atoms with Crippen LogP contribution in [0.3, 0.4) is 0 Å². The zero-order valence-corrected chi connectivity index (χ0v) is 10.8. The van der Waals surface area contributed by atoms with Crippen LogP contribution in [-0.2, 0) is 4.79 Å². The van der Waals surface area contributed by atoms with E-state index in [1.807, 2.05) is 0 Å². The molecule has 0 aliphatic heterocycles. The van der Waals surface area contributed by atoms with Gasteiger partial charge in [-0.25, -0.2) is 4.39 Å². The third kappa shape index (κ3) is 3.27. The van der Waals surface area contributed by atoms with Crippen LogP contribution in [0.2, 0.25) is 10.0 Å². The van der Waals surface area contributed by atoms with Crippen molar-refractivity contribution in [2.45, 2.75) is 20.0 Å². The molecule has 0 spiro atoms. The number of ketones is 2. The van der Waals surface area contributed by atoms with Crippen molar-refractivity contribution in [3.63, 3.8) is 0 Å². The lowest BCUT2D eigenvalue weighted by molar-refractivity contribution is -0.125. The van der Waals surface area contributed by atoms with Crippen LogP contribution < -0.4 is 0 Å². The Balaban J connectivity index is 3.01. The maximum atomic E-state index is 13.6. The normalized spacial score (nSPS) is 12.6. The summed E-state index contributed by atoms with van der Waals surface area (Å²) in [5, 5.41) is 0.388. The Hall–Kier alpha value is -0.930. The molecule has 0 fully saturated rings. The van der Waals surface area contributed by atoms with E-state index in [1.165, 1.54) is 32.0 Å². The van der Waals surface area contributed by atoms with Gasteiger partial charge in [0.2, 0.25) is 12.0 Å². The van der Waals surface area contributed by atoms with Crippen molar-refractivity contribution in [3.05, 3.63) is 33.8 Å². The number of benzene rings is 1. The molecule has 17 heavy (non-hydrogen) atoms. The van der Waals surface area contributed by atoms with Gasteiger partial charge in [0.05, 0.1) is 5.02 Å². The Morgan fingerprint density at radius 1 is 1.24 bits per heavy atom. The molecule has 2 nitrogen and oxygen atoms in total. The number of Topliss-reactive ketones (excluding diaryl/α,β-unsaturated/α-hetero) is 2. The highest BCUT2D eigenvalue weighted by atomic mass is 35.5. The lowest BCUT2D eigenvalue weighted by Gasteiger charge is -2.10. The topological polar surface area (TPSA) is 34.1 Å². The molecule has 1 unspecified atom stereocenters. The van der Waals surface area contributed by atoms with Crippen molar-refractivity contribution in [1.29, 1.82) is 0 Å². The summed E-state index contributed by atoms with van der Waals surface area (Å²) >= 11 is 11.4. The second kappa shape index (κ2) is 5.61. The fourth-order valence-electron chi connectivity index (χ4n) is 1.25. The van der Waals surface area contributed by atoms with E-state index in [1.54, 1.807) is 0 Å². The van der Waals surface area contributed by atoms with Crippen LogP contribution in [0, 0.1) is 5.92 Å². The Labute approximate surface area is 109 Å². The zero-order chi connectivity index (χ0) is 13.2. The highest BCUT2D eigenvalue weighted by Gasteiger charge is 2.30. The summed E-state index contributed by atoms with van der Waals surface area (Å²) in [5.41, 5.74) is -0.0300. The molecule has 92 valence electrons. The molecule has 0 aromatic heterocycles. The van der Waals surface area contributed by atoms with Crippen LogP contribution >= 0.6 is 23.2 Å². The number of halogens is 3. The SMILES string of the molecule is CC(C)C(=O)C(F)C(=O)c1ccc(Cl)cc1Cl. The Bertz CT molecular complexity index is 458. The molecule has 0 radical (unpaired) electrons. The quantitative estimate of drug-likeness (QED) is 0.620. The molecule has 0 bridgehead atoms. The average Bonchev–Trinajstić information content (AvgIpc) is 2.26. The number of hydrogen-bond donors (Lipinski definition) is 0. The van der Waals surface area contributed by atoms with Gasteiger partial charge >= 0.3 is 0 Å². The first-order chi connectivity index (χ1) is 7.84. The summed E-state index contributed by atoms with van der Waals surface area (Å²) in [4.78, 5) is 23.1. The van der Waals surface area contributed by atoms with Crippen molar-refractivity contribution < 1.29 is 14.0 Å². The molecule has 1 rings (SSSR count). The molecule has 1 atom stereocenters. The second-order valence-corrected chi connectivity index (χ2v) is 4.75. The Kier molecular flexibility index (Phi) is 4.66. The van der Waals surface area contributed by atoms with Gasteiger partial charge in [0.1, 0.15) is 0 Å². The van der Waals surface area contributed by atoms with Crippen molar-refractivity contribution in [2.24, 2.45) is 5.92 Å². The summed E-state index contributed by atoms with van der Waals surface area (Å²) in [6.45, 7) is 3.07. The van der Waals surface area contributed by atoms with E-state index in [0.717, 1.165) is 0 Å². The van der Waals surface area contributed by atoms with Gasteiger partial charge in [0.15, 0.2) is 5.78 Å². The molecule has 0 saturated carbocycles. The highest BCUT2D eigenvalue weighted by molar-refractivity contribution is 6.37. The molecule has 0 N–H and O–H groups in total. The first-order valence-corrected chi connectivity index (χ1v) is 5.77. The van der Waals surface area contributed by atoms with Gasteiger partial charge in [-0.2, -0.15) is 0 Å². The molecule has 0 amide bonds. The second-order valence-electron chi connectivity index (χ2n) is 3.91. The molecular weight excluding hydrogens is 266 g/mol. The number of carbonyl (C=O) groups is 2. The van der Waals surface area contributed by atoms with Gasteiger partial charge in [-0.15, -0.1) is 0 Å². The van der Waals surface area contributed by atoms with Crippen LogP contribution in [0.4, 0.5) is 4.39 Å². The summed E-state index contributed by atoms with van der Waals surface area (Å²) in [6, 6.07) is 4.07. The van der Waals surface area contributed by atoms with E-state index in [9.17, 15) is 14.0 Å². The lowest BCUT2D eigenvalue weighted by atomic mass is 9.98. The maximum Gasteiger partial charge on any atom is 0.221 e. The van der Waals surface area contributed by atoms with E-state index in [-0.39, 0.29) is 10.6 Å². The number of rotatable bonds is 4. The van der Waals surface area contributed by atoms with Gasteiger partial charge in [-0.05, 0) is 18.2 Å². The van der Waals surface area contributed by atoms with Crippen LogP contribution in [0.25, 0.3) is 0 Å². The third-order valence-electron chi connectivity index (χ3n) is 2.25. The van der Waals surface area contributed by atoms with Crippen LogP contribution in [-0.4, -0.2) is 17.7 Å². The standard InChI is InChI=1S/C12H11Cl2FO2/c1-6(2)11(16)10(15)12(17)8-4-3-7(13)5-9(8)14/h3-6,10H,1-2H3. The number of alkyl halides is 1. The summed E-state index contributed by atoms with van der Waals surface area (Å²) < 4.78 is 13.6. The summed E-state index contributed by atoms with van der Waals surface area (Å²) in [5.74, 6) is -2.22. The van der Waals surface area contributed by atoms with Crippen LogP contribution in [0.1, 0.15) is 24.2 Å². The minimum atomic E-state index is -2.17. The zero-order valence-electron chi connectivity index (χ0n) is 9.34. The first-order valence-electron chi connectivity index (χ1n) is 5.01. The summed E-state index contributed by atoms with van der Waals surface area (Å²) in [6.07, 6.45) is -2.17. The van der Waals surface area contributed by atoms with E-state index in [2.05, 4.69) is 0 Å². The Morgan fingerprint density at radius 2 is 1.82 bits per heavy atom. The van der Waals surface area contributed by atoms with Gasteiger partial charge in [0.25, 0.3) is 0 Å². The largest absolute Gasteiger partial charge is 0.296 e. The smallest absolute Gasteiger partial charge is 0.221 e. The molecule has 0 aliphatic rings. The van der Waals surface area contributed by atoms with Crippen molar-refractivity contribution in [2.75, 3.05) is 0 Å². The van der Waals surface area contributed by atoms with Crippen LogP contribution in [0.5, 0.6) is 0 Å². The fraction of sp³-hybridized carbons (Fsp3) is 0.333. The monoisotopic (exact) mass is 276 g/mol. The molecule has 0 heterocycles. The van der Waals surface area contributed by atoms with Gasteiger partial charge < -0.3 is 0 Å². The van der Waals surface area contributed by atoms with E-state index in [0.29, 0.717) is 5.02 Å². The fourth-order valence-corrected chi connectivity index (χ4v) is 1.75. The first kappa shape index (κ1) is 14.1. The minimum absolute atomic E-state index is 0.0300. The van der Waals surface area contributed by atoms with Gasteiger partial charge in [0, 0.05) is 16.5 Å². The predicted octanol–water partition coefficient (Wildman–Crippen LogP) is 3.74. The summed E-state index contributed by atoms with van der Waals surface area (Å²) in [7, 11) is 0. The number of carbonyl (C=O) groups excluding carboxylic acids is 2. The van der Waals surface area contributed by atoms with E-state index < -0.39 is 23.7 Å². The average molecular weight is 277 g/mol. The predicted molar refractivity (Wildman–Crippen MR) is 65.5 cm³/mol. The molecule has 0 aliphatic carbocycles. The molecule has 1 aromatic rings. The van der Waals surface area contributed by atoms with Crippen molar-refractivity contribution in [1.82, 2.24) is 0 Å². The number of hydrogen-bond acceptors (Lipinski definition) is 2. The minimum Gasteiger partial charge on any atom is -0.296 e. The van der Waals surface area contributed by atoms with Crippen molar-refractivity contribution >= 4 is 34.8 Å². The van der Waals surface area contributed by atoms with Crippen molar-refractivity contribution in [3.8, 4) is 0 Å². The van der Waals surface area contributed by atoms with Crippen LogP contribution in [0.15, 0.2) is 18.2 Å².